The Morgan fingerprint density at radius 3 is 2.23 bits per heavy atom. The number of esters is 1. The van der Waals surface area contributed by atoms with Crippen molar-refractivity contribution in [1.29, 1.82) is 0 Å². The molecule has 0 aliphatic rings. The van der Waals surface area contributed by atoms with E-state index in [0.717, 1.165) is 50.1 Å². The van der Waals surface area contributed by atoms with Crippen molar-refractivity contribution < 1.29 is 17.9 Å². The molecule has 0 aliphatic carbocycles. The fraction of sp³-hybridized carbons (Fsp3) is 0.235. The van der Waals surface area contributed by atoms with Gasteiger partial charge < -0.3 is 10.1 Å². The van der Waals surface area contributed by atoms with Crippen LogP contribution in [-0.4, -0.2) is 36.8 Å². The lowest BCUT2D eigenvalue weighted by atomic mass is 10.1. The molecule has 0 saturated carbocycles. The third-order valence-corrected chi connectivity index (χ3v) is 9.12. The molecule has 1 atom stereocenters. The molecule has 1 heterocycles. The van der Waals surface area contributed by atoms with E-state index >= 15 is 0 Å². The summed E-state index contributed by atoms with van der Waals surface area (Å²) in [4.78, 5) is 12.9. The number of carbonyl (C=O) groups excluding carboxylic acids is 1. The first-order valence-corrected chi connectivity index (χ1v) is 15.6. The van der Waals surface area contributed by atoms with Crippen LogP contribution in [-0.2, 0) is 21.4 Å². The van der Waals surface area contributed by atoms with Gasteiger partial charge in [0.2, 0.25) is 10.0 Å². The lowest BCUT2D eigenvalue weighted by Gasteiger charge is -2.19. The zero-order chi connectivity index (χ0) is 30.7. The largest absolute Gasteiger partial charge is 0.457 e. The van der Waals surface area contributed by atoms with Gasteiger partial charge in [-0.05, 0) is 93.3 Å². The molecule has 0 bridgehead atoms. The van der Waals surface area contributed by atoms with E-state index in [1.165, 1.54) is 0 Å². The second kappa shape index (κ2) is 12.4. The minimum absolute atomic E-state index is 0.214. The summed E-state index contributed by atoms with van der Waals surface area (Å²) in [6, 6.07) is 24.2. The van der Waals surface area contributed by atoms with Gasteiger partial charge in [0.1, 0.15) is 6.61 Å². The highest BCUT2D eigenvalue weighted by atomic mass is 32.2. The smallest absolute Gasteiger partial charge is 0.338 e. The number of benzene rings is 4. The fourth-order valence-electron chi connectivity index (χ4n) is 5.38. The van der Waals surface area contributed by atoms with E-state index in [9.17, 15) is 13.2 Å². The quantitative estimate of drug-likeness (QED) is 0.181. The van der Waals surface area contributed by atoms with Crippen molar-refractivity contribution >= 4 is 32.6 Å². The Hall–Kier alpha value is -4.47. The predicted octanol–water partition coefficient (Wildman–Crippen LogP) is 6.40. The van der Waals surface area contributed by atoms with Gasteiger partial charge in [-0.25, -0.2) is 22.6 Å². The van der Waals surface area contributed by atoms with Crippen LogP contribution < -0.4 is 10.0 Å². The fourth-order valence-corrected chi connectivity index (χ4v) is 7.08. The minimum Gasteiger partial charge on any atom is -0.457 e. The molecule has 0 unspecified atom stereocenters. The molecule has 43 heavy (non-hydrogen) atoms. The van der Waals surface area contributed by atoms with Crippen LogP contribution in [0.2, 0.25) is 0 Å². The highest BCUT2D eigenvalue weighted by molar-refractivity contribution is 7.89. The maximum absolute atomic E-state index is 13.2. The van der Waals surface area contributed by atoms with Crippen LogP contribution in [0.3, 0.4) is 0 Å². The molecule has 4 aromatic carbocycles. The Bertz CT molecular complexity index is 1860. The molecule has 8 nitrogen and oxygen atoms in total. The zero-order valence-electron chi connectivity index (χ0n) is 25.0. The van der Waals surface area contributed by atoms with Crippen molar-refractivity contribution in [1.82, 2.24) is 14.5 Å². The number of anilines is 1. The van der Waals surface area contributed by atoms with Crippen molar-refractivity contribution in [2.45, 2.75) is 52.2 Å². The molecule has 0 fully saturated rings. The number of nitrogens with zero attached hydrogens (tertiary/aromatic N) is 2. The summed E-state index contributed by atoms with van der Waals surface area (Å²) in [5, 5.41) is 8.94. The molecular weight excluding hydrogens is 560 g/mol. The zero-order valence-corrected chi connectivity index (χ0v) is 25.8. The number of rotatable bonds is 10. The van der Waals surface area contributed by atoms with E-state index < -0.39 is 10.0 Å². The second-order valence-corrected chi connectivity index (χ2v) is 12.7. The van der Waals surface area contributed by atoms with Gasteiger partial charge in [-0.15, -0.1) is 0 Å². The summed E-state index contributed by atoms with van der Waals surface area (Å²) in [5.41, 5.74) is 7.46. The Morgan fingerprint density at radius 1 is 0.907 bits per heavy atom. The summed E-state index contributed by atoms with van der Waals surface area (Å²) >= 11 is 0. The molecule has 5 rings (SSSR count). The maximum atomic E-state index is 13.2. The van der Waals surface area contributed by atoms with E-state index in [0.29, 0.717) is 17.0 Å². The van der Waals surface area contributed by atoms with Gasteiger partial charge >= 0.3 is 5.97 Å². The van der Waals surface area contributed by atoms with Gasteiger partial charge in [0.05, 0.1) is 27.9 Å². The minimum atomic E-state index is -3.69. The third-order valence-electron chi connectivity index (χ3n) is 7.22. The number of sulfonamides is 1. The summed E-state index contributed by atoms with van der Waals surface area (Å²) in [5.74, 6) is -0.388. The van der Waals surface area contributed by atoms with Crippen molar-refractivity contribution in [2.75, 3.05) is 11.9 Å². The topological polar surface area (TPSA) is 102 Å². The van der Waals surface area contributed by atoms with E-state index in [2.05, 4.69) is 15.1 Å². The molecule has 0 radical (unpaired) electrons. The number of aryl methyl sites for hydroxylation is 4. The lowest BCUT2D eigenvalue weighted by molar-refractivity contribution is 0.0472. The van der Waals surface area contributed by atoms with Gasteiger partial charge in [-0.2, -0.15) is 5.10 Å². The third kappa shape index (κ3) is 6.79. The highest BCUT2D eigenvalue weighted by Crippen LogP contribution is 2.28. The molecule has 2 N–H and O–H groups in total. The van der Waals surface area contributed by atoms with Crippen LogP contribution in [0.25, 0.3) is 16.6 Å². The van der Waals surface area contributed by atoms with Crippen molar-refractivity contribution in [3.63, 3.8) is 0 Å². The van der Waals surface area contributed by atoms with Crippen LogP contribution in [0.5, 0.6) is 0 Å². The van der Waals surface area contributed by atoms with E-state index in [1.54, 1.807) is 18.3 Å². The Labute approximate surface area is 252 Å². The van der Waals surface area contributed by atoms with E-state index in [4.69, 9.17) is 4.74 Å². The summed E-state index contributed by atoms with van der Waals surface area (Å²) in [6.07, 6.45) is 1.78. The van der Waals surface area contributed by atoms with Gasteiger partial charge in [0.25, 0.3) is 0 Å². The maximum Gasteiger partial charge on any atom is 0.338 e. The second-order valence-electron chi connectivity index (χ2n) is 11.0. The number of hydrogen-bond donors (Lipinski definition) is 2. The van der Waals surface area contributed by atoms with Crippen molar-refractivity contribution in [3.05, 3.63) is 118 Å². The summed E-state index contributed by atoms with van der Waals surface area (Å²) in [6.45, 7) is 10.0. The van der Waals surface area contributed by atoms with E-state index in [1.807, 2.05) is 106 Å². The molecular formula is C34H36N4O4S. The lowest BCUT2D eigenvalue weighted by Crippen LogP contribution is -2.38. The van der Waals surface area contributed by atoms with Crippen LogP contribution in [0.4, 0.5) is 5.69 Å². The Kier molecular flexibility index (Phi) is 8.66. The SMILES string of the molecule is Cc1cc(C)c(S(=O)(=O)N[C@@H](C)CNc2cc(C)cc3c2cnn3-c2ccc(C(=O)OCc3ccccc3)cc2)c(C)c1. The number of hydrogen-bond acceptors (Lipinski definition) is 6. The molecule has 0 saturated heterocycles. The van der Waals surface area contributed by atoms with Crippen LogP contribution in [0, 0.1) is 27.7 Å². The highest BCUT2D eigenvalue weighted by Gasteiger charge is 2.22. The molecule has 0 amide bonds. The van der Waals surface area contributed by atoms with Crippen molar-refractivity contribution in [3.8, 4) is 5.69 Å². The first-order chi connectivity index (χ1) is 20.5. The number of nitrogens with one attached hydrogen (secondary N) is 2. The predicted molar refractivity (Wildman–Crippen MR) is 170 cm³/mol. The average Bonchev–Trinajstić information content (AvgIpc) is 3.38. The molecule has 5 aromatic rings. The van der Waals surface area contributed by atoms with Gasteiger partial charge in [-0.1, -0.05) is 48.0 Å². The van der Waals surface area contributed by atoms with Crippen LogP contribution >= 0.6 is 0 Å². The Morgan fingerprint density at radius 2 is 1.56 bits per heavy atom. The molecule has 1 aromatic heterocycles. The summed E-state index contributed by atoms with van der Waals surface area (Å²) < 4.78 is 36.5. The number of carbonyl (C=O) groups is 1. The number of ether oxygens (including phenoxy) is 1. The summed E-state index contributed by atoms with van der Waals surface area (Å²) in [7, 11) is -3.69. The molecule has 0 spiro atoms. The van der Waals surface area contributed by atoms with Gasteiger partial charge in [0, 0.05) is 23.7 Å². The average molecular weight is 597 g/mol. The van der Waals surface area contributed by atoms with Crippen molar-refractivity contribution in [2.24, 2.45) is 0 Å². The van der Waals surface area contributed by atoms with E-state index in [-0.39, 0.29) is 18.6 Å². The number of fused-ring (bicyclic) bond motifs is 1. The first kappa shape index (κ1) is 30.0. The van der Waals surface area contributed by atoms with Crippen LogP contribution in [0.15, 0.2) is 90.0 Å². The molecule has 222 valence electrons. The normalized spacial score (nSPS) is 12.3. The van der Waals surface area contributed by atoms with Gasteiger partial charge in [-0.3, -0.25) is 0 Å². The number of aromatic nitrogens is 2. The monoisotopic (exact) mass is 596 g/mol. The van der Waals surface area contributed by atoms with Crippen LogP contribution in [0.1, 0.15) is 45.1 Å². The Balaban J connectivity index is 1.29. The standard InChI is InChI=1S/C34H36N4O4S/c1-22-15-24(3)33(25(4)16-22)43(40,41)37-26(5)19-35-31-17-23(2)18-32-30(31)20-36-38(32)29-13-11-28(12-14-29)34(39)42-21-27-9-7-6-8-10-27/h6-18,20,26,35,37H,19,21H2,1-5H3/t26-/m0/s1. The molecule has 0 aliphatic heterocycles. The molecule has 9 heteroatoms. The first-order valence-electron chi connectivity index (χ1n) is 14.2. The van der Waals surface area contributed by atoms with Gasteiger partial charge in [0.15, 0.2) is 0 Å².